The number of fused-ring (bicyclic) bond motifs is 2. The van der Waals surface area contributed by atoms with Crippen LogP contribution >= 0.6 is 0 Å². The van der Waals surface area contributed by atoms with Gasteiger partial charge in [0.2, 0.25) is 8.41 Å². The molecule has 3 fully saturated rings. The van der Waals surface area contributed by atoms with Gasteiger partial charge in [-0.25, -0.2) is 0 Å². The van der Waals surface area contributed by atoms with Crippen LogP contribution in [0, 0.1) is 16.0 Å². The highest BCUT2D eigenvalue weighted by Gasteiger charge is 2.67. The van der Waals surface area contributed by atoms with E-state index in [9.17, 15) is 20.0 Å². The molecule has 0 aliphatic carbocycles. The summed E-state index contributed by atoms with van der Waals surface area (Å²) >= 11 is 0. The lowest BCUT2D eigenvalue weighted by Crippen LogP contribution is -2.55. The average Bonchev–Trinajstić information content (AvgIpc) is 4.00. The second-order valence-corrected chi connectivity index (χ2v) is 21.3. The molecule has 5 atom stereocenters. The number of aryl methyl sites for hydroxylation is 1. The van der Waals surface area contributed by atoms with Crippen LogP contribution < -0.4 is 20.0 Å². The number of carbonyl (C=O) groups is 2. The topological polar surface area (TPSA) is 159 Å². The molecule has 1 unspecified atom stereocenters. The van der Waals surface area contributed by atoms with Gasteiger partial charge in [-0.05, 0) is 86.9 Å². The number of nitro benzene ring substituents is 1. The van der Waals surface area contributed by atoms with Gasteiger partial charge in [-0.15, -0.1) is 5.10 Å². The van der Waals surface area contributed by atoms with E-state index in [1.165, 1.54) is 12.1 Å². The third-order valence-electron chi connectivity index (χ3n) is 13.6. The van der Waals surface area contributed by atoms with Crippen molar-refractivity contribution in [1.29, 1.82) is 0 Å². The molecule has 4 aliphatic rings. The molecular weight excluding hydrogens is 808 g/mol. The van der Waals surface area contributed by atoms with Crippen molar-refractivity contribution in [2.45, 2.75) is 81.1 Å². The molecule has 2 spiro atoms. The molecule has 16 heteroatoms. The largest absolute Gasteiger partial charge is 0.395 e. The van der Waals surface area contributed by atoms with Crippen molar-refractivity contribution >= 4 is 43.0 Å². The molecule has 1 aromatic heterocycles. The van der Waals surface area contributed by atoms with Gasteiger partial charge < -0.3 is 29.1 Å². The van der Waals surface area contributed by atoms with Gasteiger partial charge >= 0.3 is 0 Å². The number of amides is 2. The van der Waals surface area contributed by atoms with E-state index in [1.54, 1.807) is 34.9 Å². The first-order valence-electron chi connectivity index (χ1n) is 21.3. The standard InChI is InChI=1S/C46H51FN8O6Si/c1-31-42(62(2,3)47)41(20-25-51-28-39(49-50-51)37(29-56)33-10-6-4-7-11-33)61-46(31)38-26-36(55(59)60)18-19-40(38)52(44(46)58)27-32-14-16-34(17-15-32)53-30-54(35-12-8-5-9-13-35)45(43(53)57)21-23-48-24-22-45/h4-19,26,28,31,37,41-42,48,56H,20-25,27,29-30H2,1-3H3/t31-,37?,41+,42-,46+/m1/s1. The van der Waals surface area contributed by atoms with Gasteiger partial charge in [-0.3, -0.25) is 29.3 Å². The highest BCUT2D eigenvalue weighted by Crippen LogP contribution is 2.61. The fourth-order valence-corrected chi connectivity index (χ4v) is 13.1. The number of aromatic nitrogens is 3. The smallest absolute Gasteiger partial charge is 0.269 e. The van der Waals surface area contributed by atoms with Crippen molar-refractivity contribution in [2.75, 3.05) is 41.1 Å². The molecular formula is C46H51FN8O6Si. The van der Waals surface area contributed by atoms with Crippen LogP contribution in [0.25, 0.3) is 0 Å². The lowest BCUT2D eigenvalue weighted by molar-refractivity contribution is -0.385. The number of anilines is 3. The van der Waals surface area contributed by atoms with Crippen LogP contribution in [0.2, 0.25) is 18.6 Å². The van der Waals surface area contributed by atoms with Crippen LogP contribution in [0.4, 0.5) is 26.9 Å². The maximum absolute atomic E-state index is 16.6. The Morgan fingerprint density at radius 3 is 2.32 bits per heavy atom. The van der Waals surface area contributed by atoms with Crippen molar-refractivity contribution in [2.24, 2.45) is 5.92 Å². The first kappa shape index (κ1) is 41.5. The number of aliphatic hydroxyl groups excluding tert-OH is 1. The number of hydrogen-bond donors (Lipinski definition) is 2. The van der Waals surface area contributed by atoms with Gasteiger partial charge in [0, 0.05) is 53.3 Å². The van der Waals surface area contributed by atoms with Gasteiger partial charge in [0.15, 0.2) is 5.60 Å². The maximum atomic E-state index is 16.6. The number of nitro groups is 1. The lowest BCUT2D eigenvalue weighted by atomic mass is 9.82. The molecule has 9 rings (SSSR count). The molecule has 5 aromatic rings. The molecule has 14 nitrogen and oxygen atoms in total. The number of carbonyl (C=O) groups excluding carboxylic acids is 2. The summed E-state index contributed by atoms with van der Waals surface area (Å²) in [5, 5.41) is 34.4. The summed E-state index contributed by atoms with van der Waals surface area (Å²) in [7, 11) is -3.54. The molecule has 2 amide bonds. The van der Waals surface area contributed by atoms with E-state index in [0.29, 0.717) is 49.4 Å². The van der Waals surface area contributed by atoms with Crippen molar-refractivity contribution in [3.8, 4) is 0 Å². The van der Waals surface area contributed by atoms with E-state index >= 15 is 8.90 Å². The number of non-ortho nitro benzene ring substituents is 1. The van der Waals surface area contributed by atoms with E-state index in [4.69, 9.17) is 4.74 Å². The number of piperidine rings is 1. The van der Waals surface area contributed by atoms with Gasteiger partial charge in [-0.1, -0.05) is 72.8 Å². The molecule has 0 radical (unpaired) electrons. The Bertz CT molecular complexity index is 2460. The number of nitrogens with zero attached hydrogens (tertiary/aromatic N) is 7. The summed E-state index contributed by atoms with van der Waals surface area (Å²) in [6, 6.07) is 31.6. The Balaban J connectivity index is 0.986. The minimum Gasteiger partial charge on any atom is -0.395 e. The van der Waals surface area contributed by atoms with Crippen LogP contribution in [-0.2, 0) is 33.0 Å². The normalized spacial score (nSPS) is 23.8. The van der Waals surface area contributed by atoms with E-state index < -0.39 is 47.9 Å². The Morgan fingerprint density at radius 1 is 0.968 bits per heavy atom. The molecule has 322 valence electrons. The average molecular weight is 859 g/mol. The van der Waals surface area contributed by atoms with E-state index in [1.807, 2.05) is 96.8 Å². The summed E-state index contributed by atoms with van der Waals surface area (Å²) in [6.07, 6.45) is 2.75. The highest BCUT2D eigenvalue weighted by molar-refractivity contribution is 6.72. The van der Waals surface area contributed by atoms with Crippen LogP contribution in [0.1, 0.15) is 54.5 Å². The number of nitrogens with one attached hydrogen (secondary N) is 1. The summed E-state index contributed by atoms with van der Waals surface area (Å²) in [4.78, 5) is 46.7. The zero-order valence-corrected chi connectivity index (χ0v) is 36.1. The van der Waals surface area contributed by atoms with Crippen molar-refractivity contribution in [1.82, 2.24) is 20.3 Å². The third kappa shape index (κ3) is 6.98. The quantitative estimate of drug-likeness (QED) is 0.0602. The monoisotopic (exact) mass is 858 g/mol. The number of para-hydroxylation sites is 1. The lowest BCUT2D eigenvalue weighted by Gasteiger charge is -2.39. The van der Waals surface area contributed by atoms with Gasteiger partial charge in [0.25, 0.3) is 17.5 Å². The molecule has 5 heterocycles. The Morgan fingerprint density at radius 2 is 1.66 bits per heavy atom. The first-order chi connectivity index (χ1) is 29.9. The molecule has 4 aromatic carbocycles. The van der Waals surface area contributed by atoms with Crippen molar-refractivity contribution in [3.63, 3.8) is 0 Å². The van der Waals surface area contributed by atoms with E-state index in [2.05, 4.69) is 20.5 Å². The molecule has 62 heavy (non-hydrogen) atoms. The van der Waals surface area contributed by atoms with Crippen molar-refractivity contribution in [3.05, 3.63) is 142 Å². The second-order valence-electron chi connectivity index (χ2n) is 17.5. The van der Waals surface area contributed by atoms with Crippen molar-refractivity contribution < 1.29 is 28.5 Å². The molecule has 2 N–H and O–H groups in total. The van der Waals surface area contributed by atoms with E-state index in [0.717, 1.165) is 35.6 Å². The van der Waals surface area contributed by atoms with Crippen LogP contribution in [0.5, 0.6) is 0 Å². The minimum atomic E-state index is -3.54. The summed E-state index contributed by atoms with van der Waals surface area (Å²) in [5.74, 6) is -1.36. The SMILES string of the molecule is C[C@@H]1[C@@H]([Si](C)(C)F)[C@H](CCn2cc(C(CO)c3ccccc3)nn2)O[C@@]12C(=O)N(Cc1ccc(N3CN(c4ccccc4)C4(CCNCC4)C3=O)cc1)c1ccc([N+](=O)[O-])cc12. The zero-order chi connectivity index (χ0) is 43.4. The Labute approximate surface area is 360 Å². The number of rotatable bonds is 12. The van der Waals surface area contributed by atoms with E-state index in [-0.39, 0.29) is 30.7 Å². The zero-order valence-electron chi connectivity index (χ0n) is 35.1. The van der Waals surface area contributed by atoms with Gasteiger partial charge in [0.1, 0.15) is 5.54 Å². The Hall–Kier alpha value is -5.81. The Kier molecular flexibility index (Phi) is 10.8. The number of benzene rings is 4. The van der Waals surface area contributed by atoms with Gasteiger partial charge in [0.05, 0.1) is 48.1 Å². The number of halogens is 1. The number of ether oxygens (including phenoxy) is 1. The van der Waals surface area contributed by atoms with Crippen LogP contribution in [0.3, 0.4) is 0 Å². The fraction of sp³-hybridized carbons (Fsp3) is 0.391. The second kappa shape index (κ2) is 16.1. The predicted molar refractivity (Wildman–Crippen MR) is 235 cm³/mol. The minimum absolute atomic E-state index is 0.0596. The molecule has 4 aliphatic heterocycles. The maximum Gasteiger partial charge on any atom is 0.269 e. The summed E-state index contributed by atoms with van der Waals surface area (Å²) in [5.41, 5.74) is 1.72. The van der Waals surface area contributed by atoms with Crippen LogP contribution in [-0.4, -0.2) is 83.3 Å². The van der Waals surface area contributed by atoms with Crippen LogP contribution in [0.15, 0.2) is 109 Å². The predicted octanol–water partition coefficient (Wildman–Crippen LogP) is 6.66. The highest BCUT2D eigenvalue weighted by atomic mass is 28.4. The number of aliphatic hydroxyl groups is 1. The molecule has 3 saturated heterocycles. The summed E-state index contributed by atoms with van der Waals surface area (Å²) < 4.78 is 25.2. The summed E-state index contributed by atoms with van der Waals surface area (Å²) in [6.45, 7) is 7.24. The molecule has 0 saturated carbocycles. The molecule has 0 bridgehead atoms. The van der Waals surface area contributed by atoms with Gasteiger partial charge in [-0.2, -0.15) is 0 Å². The number of hydrogen-bond acceptors (Lipinski definition) is 10. The fourth-order valence-electron chi connectivity index (χ4n) is 10.6. The first-order valence-corrected chi connectivity index (χ1v) is 24.3. The third-order valence-corrected chi connectivity index (χ3v) is 16.1.